The first kappa shape index (κ1) is 17.4. The van der Waals surface area contributed by atoms with Gasteiger partial charge in [0.15, 0.2) is 0 Å². The van der Waals surface area contributed by atoms with Crippen molar-refractivity contribution < 1.29 is 18.7 Å². The topological polar surface area (TPSA) is 48.7 Å². The smallest absolute Gasteiger partial charge is 0.355 e. The predicted molar refractivity (Wildman–Crippen MR) is 106 cm³/mol. The Morgan fingerprint density at radius 2 is 1.56 bits per heavy atom. The molecule has 0 aliphatic rings. The first-order valence-electron chi connectivity index (χ1n) is 8.50. The molecule has 5 heteroatoms. The molecule has 0 spiro atoms. The van der Waals surface area contributed by atoms with Crippen LogP contribution in [0.4, 0.5) is 0 Å². The molecule has 0 aliphatic carbocycles. The van der Waals surface area contributed by atoms with Gasteiger partial charge in [-0.15, -0.1) is 0 Å². The fourth-order valence-electron chi connectivity index (χ4n) is 2.84. The van der Waals surface area contributed by atoms with Crippen molar-refractivity contribution >= 4 is 39.5 Å². The predicted octanol–water partition coefficient (Wildman–Crippen LogP) is 6.00. The molecule has 1 heterocycles. The average molecular weight is 381 g/mol. The molecule has 0 radical (unpaired) electrons. The van der Waals surface area contributed by atoms with E-state index in [-0.39, 0.29) is 0 Å². The van der Waals surface area contributed by atoms with Crippen LogP contribution in [0.2, 0.25) is 5.02 Å². The van der Waals surface area contributed by atoms with Crippen LogP contribution in [0.3, 0.4) is 0 Å². The minimum Gasteiger partial charge on any atom is -0.476 e. The number of para-hydroxylation sites is 1. The molecule has 3 aromatic carbocycles. The molecule has 4 nitrogen and oxygen atoms in total. The normalized spacial score (nSPS) is 11.7. The van der Waals surface area contributed by atoms with Crippen LogP contribution in [0.5, 0.6) is 11.5 Å². The highest BCUT2D eigenvalue weighted by Gasteiger charge is 2.32. The van der Waals surface area contributed by atoms with Gasteiger partial charge in [-0.25, -0.2) is 4.79 Å². The van der Waals surface area contributed by atoms with Crippen LogP contribution < -0.4 is 9.47 Å². The minimum atomic E-state index is -1.17. The second-order valence-corrected chi connectivity index (χ2v) is 7.15. The van der Waals surface area contributed by atoms with Crippen molar-refractivity contribution in [3.05, 3.63) is 71.8 Å². The molecule has 0 fully saturated rings. The number of benzene rings is 3. The third kappa shape index (κ3) is 3.49. The number of ether oxygens (including phenoxy) is 2. The molecule has 0 unspecified atom stereocenters. The summed E-state index contributed by atoms with van der Waals surface area (Å²) < 4.78 is 17.1. The Balaban J connectivity index is 1.57. The van der Waals surface area contributed by atoms with E-state index in [0.29, 0.717) is 16.5 Å². The summed E-state index contributed by atoms with van der Waals surface area (Å²) >= 11 is 5.88. The monoisotopic (exact) mass is 380 g/mol. The van der Waals surface area contributed by atoms with Gasteiger partial charge in [0, 0.05) is 15.8 Å². The van der Waals surface area contributed by atoms with Gasteiger partial charge in [-0.3, -0.25) is 0 Å². The molecule has 0 saturated heterocycles. The van der Waals surface area contributed by atoms with E-state index in [2.05, 4.69) is 0 Å². The van der Waals surface area contributed by atoms with Crippen molar-refractivity contribution in [2.45, 2.75) is 19.4 Å². The fourth-order valence-corrected chi connectivity index (χ4v) is 2.96. The summed E-state index contributed by atoms with van der Waals surface area (Å²) in [5.74, 6) is 0.481. The lowest BCUT2D eigenvalue weighted by molar-refractivity contribution is -0.149. The maximum absolute atomic E-state index is 12.6. The molecule has 27 heavy (non-hydrogen) atoms. The van der Waals surface area contributed by atoms with Crippen molar-refractivity contribution in [2.75, 3.05) is 0 Å². The molecular weight excluding hydrogens is 364 g/mol. The van der Waals surface area contributed by atoms with E-state index in [1.807, 2.05) is 24.3 Å². The van der Waals surface area contributed by atoms with Crippen molar-refractivity contribution in [1.82, 2.24) is 0 Å². The summed E-state index contributed by atoms with van der Waals surface area (Å²) in [6.07, 6.45) is 0. The van der Waals surface area contributed by atoms with Crippen molar-refractivity contribution in [2.24, 2.45) is 0 Å². The van der Waals surface area contributed by atoms with Gasteiger partial charge < -0.3 is 13.9 Å². The van der Waals surface area contributed by atoms with Crippen LogP contribution >= 0.6 is 11.6 Å². The van der Waals surface area contributed by atoms with Gasteiger partial charge in [0.2, 0.25) is 5.60 Å². The molecule has 0 atom stereocenters. The number of hydrogen-bond acceptors (Lipinski definition) is 4. The van der Waals surface area contributed by atoms with E-state index in [1.165, 1.54) is 0 Å². The minimum absolute atomic E-state index is 0.437. The van der Waals surface area contributed by atoms with Crippen LogP contribution in [0, 0.1) is 0 Å². The van der Waals surface area contributed by atoms with Crippen LogP contribution in [0.15, 0.2) is 71.1 Å². The molecule has 1 aromatic heterocycles. The Morgan fingerprint density at radius 1 is 0.889 bits per heavy atom. The number of carbonyl (C=O) groups is 1. The molecule has 0 aliphatic heterocycles. The summed E-state index contributed by atoms with van der Waals surface area (Å²) in [4.78, 5) is 12.6. The number of carbonyl (C=O) groups excluding carboxylic acids is 1. The maximum atomic E-state index is 12.6. The molecule has 0 amide bonds. The molecular formula is C22H17ClO4. The lowest BCUT2D eigenvalue weighted by Gasteiger charge is -2.24. The molecule has 4 aromatic rings. The largest absolute Gasteiger partial charge is 0.476 e. The van der Waals surface area contributed by atoms with E-state index in [1.54, 1.807) is 56.3 Å². The van der Waals surface area contributed by atoms with Gasteiger partial charge in [-0.2, -0.15) is 0 Å². The number of rotatable bonds is 4. The lowest BCUT2D eigenvalue weighted by atomic mass is 10.1. The van der Waals surface area contributed by atoms with Gasteiger partial charge >= 0.3 is 5.97 Å². The first-order valence-corrected chi connectivity index (χ1v) is 8.88. The van der Waals surface area contributed by atoms with Crippen molar-refractivity contribution in [1.29, 1.82) is 0 Å². The highest BCUT2D eigenvalue weighted by molar-refractivity contribution is 6.30. The summed E-state index contributed by atoms with van der Waals surface area (Å²) in [6, 6.07) is 19.9. The molecule has 0 N–H and O–H groups in total. The first-order chi connectivity index (χ1) is 12.9. The number of fused-ring (bicyclic) bond motifs is 3. The molecule has 4 rings (SSSR count). The van der Waals surface area contributed by atoms with E-state index in [4.69, 9.17) is 25.5 Å². The standard InChI is InChI=1S/C22H17ClO4/c1-22(2,27-15-9-7-14(23)8-10-15)21(24)25-16-11-12-20-18(13-16)17-5-3-4-6-19(17)26-20/h3-13H,1-2H3. The Hall–Kier alpha value is -2.98. The Kier molecular flexibility index (Phi) is 4.28. The molecule has 136 valence electrons. The SMILES string of the molecule is CC(C)(Oc1ccc(Cl)cc1)C(=O)Oc1ccc2oc3ccccc3c2c1. The summed E-state index contributed by atoms with van der Waals surface area (Å²) in [7, 11) is 0. The van der Waals surface area contributed by atoms with Gasteiger partial charge in [0.1, 0.15) is 22.7 Å². The maximum Gasteiger partial charge on any atom is 0.355 e. The molecule has 0 bridgehead atoms. The van der Waals surface area contributed by atoms with E-state index < -0.39 is 11.6 Å². The van der Waals surface area contributed by atoms with Crippen LogP contribution in [0.25, 0.3) is 21.9 Å². The summed E-state index contributed by atoms with van der Waals surface area (Å²) in [5, 5.41) is 2.47. The van der Waals surface area contributed by atoms with Gasteiger partial charge in [-0.1, -0.05) is 29.8 Å². The van der Waals surface area contributed by atoms with Crippen LogP contribution in [-0.2, 0) is 4.79 Å². The second kappa shape index (κ2) is 6.63. The van der Waals surface area contributed by atoms with Crippen LogP contribution in [0.1, 0.15) is 13.8 Å². The summed E-state index contributed by atoms with van der Waals surface area (Å²) in [6.45, 7) is 3.32. The van der Waals surface area contributed by atoms with Crippen molar-refractivity contribution in [3.63, 3.8) is 0 Å². The van der Waals surface area contributed by atoms with Gasteiger partial charge in [0.25, 0.3) is 0 Å². The average Bonchev–Trinajstić information content (AvgIpc) is 3.01. The highest BCUT2D eigenvalue weighted by Crippen LogP contribution is 2.32. The number of hydrogen-bond donors (Lipinski definition) is 0. The zero-order chi connectivity index (χ0) is 19.0. The fraction of sp³-hybridized carbons (Fsp3) is 0.136. The van der Waals surface area contributed by atoms with Gasteiger partial charge in [0.05, 0.1) is 0 Å². The second-order valence-electron chi connectivity index (χ2n) is 6.71. The molecule has 0 saturated carbocycles. The Bertz CT molecular complexity index is 1130. The Labute approximate surface area is 161 Å². The van der Waals surface area contributed by atoms with E-state index in [0.717, 1.165) is 21.9 Å². The number of furan rings is 1. The van der Waals surface area contributed by atoms with Crippen LogP contribution in [-0.4, -0.2) is 11.6 Å². The zero-order valence-corrected chi connectivity index (χ0v) is 15.6. The lowest BCUT2D eigenvalue weighted by Crippen LogP contribution is -2.41. The Morgan fingerprint density at radius 3 is 2.33 bits per heavy atom. The summed E-state index contributed by atoms with van der Waals surface area (Å²) in [5.41, 5.74) is 0.372. The third-order valence-electron chi connectivity index (χ3n) is 4.24. The number of esters is 1. The van der Waals surface area contributed by atoms with Gasteiger partial charge in [-0.05, 0) is 62.4 Å². The zero-order valence-electron chi connectivity index (χ0n) is 14.9. The quantitative estimate of drug-likeness (QED) is 0.321. The van der Waals surface area contributed by atoms with E-state index >= 15 is 0 Å². The van der Waals surface area contributed by atoms with Crippen molar-refractivity contribution in [3.8, 4) is 11.5 Å². The van der Waals surface area contributed by atoms with E-state index in [9.17, 15) is 4.79 Å². The third-order valence-corrected chi connectivity index (χ3v) is 4.49. The highest BCUT2D eigenvalue weighted by atomic mass is 35.5. The number of halogens is 1.